The van der Waals surface area contributed by atoms with E-state index in [4.69, 9.17) is 16.7 Å². The Morgan fingerprint density at radius 3 is 2.06 bits per heavy atom. The monoisotopic (exact) mass is 508 g/mol. The second kappa shape index (κ2) is 8.38. The van der Waals surface area contributed by atoms with Crippen LogP contribution in [0, 0.1) is 5.82 Å². The van der Waals surface area contributed by atoms with Crippen LogP contribution in [0.15, 0.2) is 86.9 Å². The molecule has 32 heavy (non-hydrogen) atoms. The molecule has 0 saturated carbocycles. The number of benzene rings is 3. The molecule has 0 saturated heterocycles. The number of sulfone groups is 1. The Morgan fingerprint density at radius 1 is 0.844 bits per heavy atom. The summed E-state index contributed by atoms with van der Waals surface area (Å²) >= 11 is 6.88. The van der Waals surface area contributed by atoms with Gasteiger partial charge in [-0.05, 0) is 48.0 Å². The summed E-state index contributed by atoms with van der Waals surface area (Å²) in [5.74, 6) is -0.441. The van der Waals surface area contributed by atoms with Gasteiger partial charge in [0.2, 0.25) is 24.2 Å². The molecule has 164 valence electrons. The van der Waals surface area contributed by atoms with E-state index in [-0.39, 0.29) is 19.2 Å². The van der Waals surface area contributed by atoms with Crippen LogP contribution in [0.2, 0.25) is 5.02 Å². The maximum absolute atomic E-state index is 13.4. The van der Waals surface area contributed by atoms with Crippen molar-refractivity contribution in [3.63, 3.8) is 0 Å². The third-order valence-corrected chi connectivity index (χ3v) is 8.90. The van der Waals surface area contributed by atoms with Crippen LogP contribution in [0.4, 0.5) is 4.39 Å². The summed E-state index contributed by atoms with van der Waals surface area (Å²) < 4.78 is 62.8. The first-order valence-electron chi connectivity index (χ1n) is 8.96. The van der Waals surface area contributed by atoms with Gasteiger partial charge in [0.15, 0.2) is 0 Å². The van der Waals surface area contributed by atoms with E-state index in [9.17, 15) is 21.2 Å². The molecule has 1 aromatic heterocycles. The molecule has 0 aliphatic rings. The van der Waals surface area contributed by atoms with Crippen molar-refractivity contribution < 1.29 is 21.2 Å². The number of rotatable bonds is 5. The quantitative estimate of drug-likeness (QED) is 0.418. The third kappa shape index (κ3) is 4.45. The molecule has 6 nitrogen and oxygen atoms in total. The predicted molar refractivity (Wildman–Crippen MR) is 121 cm³/mol. The van der Waals surface area contributed by atoms with E-state index in [0.29, 0.717) is 21.7 Å². The number of thiazole rings is 1. The minimum atomic E-state index is -3.99. The Morgan fingerprint density at radius 2 is 1.47 bits per heavy atom. The standard InChI is InChI=1S/C21H14ClFN2O4S3/c22-15-2-1-3-18(12-15)31(26,27)21-25-19(13-6-10-17(11-7-13)32(24,28)29)20(30-21)14-4-8-16(23)9-5-14/h1-12H,(H2,24,28,29). The molecule has 0 unspecified atom stereocenters. The van der Waals surface area contributed by atoms with Crippen LogP contribution in [0.1, 0.15) is 0 Å². The number of primary sulfonamides is 1. The first-order chi connectivity index (χ1) is 15.1. The van der Waals surface area contributed by atoms with Crippen LogP contribution in [0.25, 0.3) is 21.7 Å². The average Bonchev–Trinajstić information content (AvgIpc) is 3.20. The molecule has 0 aliphatic carbocycles. The Bertz CT molecular complexity index is 1520. The zero-order valence-corrected chi connectivity index (χ0v) is 19.3. The molecule has 4 aromatic rings. The van der Waals surface area contributed by atoms with Crippen molar-refractivity contribution in [2.75, 3.05) is 0 Å². The Hall–Kier alpha value is -2.63. The van der Waals surface area contributed by atoms with E-state index >= 15 is 0 Å². The van der Waals surface area contributed by atoms with Gasteiger partial charge in [-0.1, -0.05) is 41.9 Å². The number of hydrogen-bond donors (Lipinski definition) is 1. The second-order valence-electron chi connectivity index (χ2n) is 6.69. The highest BCUT2D eigenvalue weighted by Gasteiger charge is 2.26. The average molecular weight is 509 g/mol. The number of halogens is 2. The zero-order chi connectivity index (χ0) is 23.1. The van der Waals surface area contributed by atoms with Crippen molar-refractivity contribution in [1.82, 2.24) is 4.98 Å². The highest BCUT2D eigenvalue weighted by molar-refractivity contribution is 7.93. The van der Waals surface area contributed by atoms with E-state index in [1.165, 1.54) is 66.7 Å². The van der Waals surface area contributed by atoms with Crippen LogP contribution in [0.3, 0.4) is 0 Å². The molecule has 0 aliphatic heterocycles. The predicted octanol–water partition coefficient (Wildman–Crippen LogP) is 4.75. The summed E-state index contributed by atoms with van der Waals surface area (Å²) in [6.45, 7) is 0. The fourth-order valence-electron chi connectivity index (χ4n) is 2.95. The van der Waals surface area contributed by atoms with Crippen LogP contribution in [-0.2, 0) is 19.9 Å². The van der Waals surface area contributed by atoms with Crippen LogP contribution < -0.4 is 5.14 Å². The van der Waals surface area contributed by atoms with Crippen molar-refractivity contribution in [3.05, 3.63) is 83.6 Å². The molecule has 4 rings (SSSR count). The maximum atomic E-state index is 13.4. The molecule has 3 aromatic carbocycles. The van der Waals surface area contributed by atoms with Crippen molar-refractivity contribution in [3.8, 4) is 21.7 Å². The summed E-state index contributed by atoms with van der Waals surface area (Å²) in [4.78, 5) is 4.74. The molecule has 0 atom stereocenters. The molecular weight excluding hydrogens is 495 g/mol. The molecule has 11 heteroatoms. The number of hydrogen-bond acceptors (Lipinski definition) is 6. The van der Waals surface area contributed by atoms with E-state index in [1.54, 1.807) is 6.07 Å². The number of sulfonamides is 1. The van der Waals surface area contributed by atoms with Gasteiger partial charge in [-0.25, -0.2) is 31.3 Å². The van der Waals surface area contributed by atoms with E-state index in [1.807, 2.05) is 0 Å². The van der Waals surface area contributed by atoms with Crippen molar-refractivity contribution in [2.24, 2.45) is 5.14 Å². The fraction of sp³-hybridized carbons (Fsp3) is 0. The van der Waals surface area contributed by atoms with Gasteiger partial charge in [-0.15, -0.1) is 11.3 Å². The third-order valence-electron chi connectivity index (χ3n) is 4.51. The van der Waals surface area contributed by atoms with Gasteiger partial charge < -0.3 is 0 Å². The zero-order valence-electron chi connectivity index (χ0n) is 16.1. The van der Waals surface area contributed by atoms with Gasteiger partial charge in [0.25, 0.3) is 0 Å². The molecule has 0 bridgehead atoms. The normalized spacial score (nSPS) is 12.1. The summed E-state index contributed by atoms with van der Waals surface area (Å²) in [5.41, 5.74) is 1.34. The molecule has 0 fully saturated rings. The lowest BCUT2D eigenvalue weighted by Crippen LogP contribution is -2.11. The molecular formula is C21H14ClFN2O4S3. The van der Waals surface area contributed by atoms with E-state index in [0.717, 1.165) is 11.3 Å². The van der Waals surface area contributed by atoms with Gasteiger partial charge in [-0.3, -0.25) is 0 Å². The van der Waals surface area contributed by atoms with E-state index in [2.05, 4.69) is 4.98 Å². The van der Waals surface area contributed by atoms with Gasteiger partial charge in [-0.2, -0.15) is 0 Å². The van der Waals surface area contributed by atoms with Crippen LogP contribution in [-0.4, -0.2) is 21.8 Å². The smallest absolute Gasteiger partial charge is 0.225 e. The number of nitrogens with two attached hydrogens (primary N) is 1. The number of nitrogens with zero attached hydrogens (tertiary/aromatic N) is 1. The van der Waals surface area contributed by atoms with Crippen molar-refractivity contribution >= 4 is 42.8 Å². The minimum Gasteiger partial charge on any atom is -0.225 e. The van der Waals surface area contributed by atoms with Crippen LogP contribution >= 0.6 is 22.9 Å². The summed E-state index contributed by atoms with van der Waals surface area (Å²) in [6, 6.07) is 17.0. The largest absolute Gasteiger partial charge is 0.238 e. The van der Waals surface area contributed by atoms with Gasteiger partial charge in [0, 0.05) is 10.6 Å². The van der Waals surface area contributed by atoms with E-state index < -0.39 is 25.7 Å². The topological polar surface area (TPSA) is 107 Å². The fourth-order valence-corrected chi connectivity index (χ4v) is 6.47. The van der Waals surface area contributed by atoms with Crippen LogP contribution in [0.5, 0.6) is 0 Å². The second-order valence-corrected chi connectivity index (χ2v) is 11.8. The Labute approximate surface area is 193 Å². The molecule has 1 heterocycles. The summed E-state index contributed by atoms with van der Waals surface area (Å²) in [5, 5.41) is 5.42. The SMILES string of the molecule is NS(=O)(=O)c1ccc(-c2nc(S(=O)(=O)c3cccc(Cl)c3)sc2-c2ccc(F)cc2)cc1. The Kier molecular flexibility index (Phi) is 5.91. The molecule has 0 radical (unpaired) electrons. The summed E-state index contributed by atoms with van der Waals surface area (Å²) in [6.07, 6.45) is 0. The van der Waals surface area contributed by atoms with Gasteiger partial charge in [0.05, 0.1) is 20.4 Å². The first-order valence-corrected chi connectivity index (χ1v) is 13.2. The maximum Gasteiger partial charge on any atom is 0.238 e. The highest BCUT2D eigenvalue weighted by Crippen LogP contribution is 2.40. The first kappa shape index (κ1) is 22.6. The molecule has 2 N–H and O–H groups in total. The van der Waals surface area contributed by atoms with Crippen molar-refractivity contribution in [1.29, 1.82) is 0 Å². The van der Waals surface area contributed by atoms with Crippen molar-refractivity contribution in [2.45, 2.75) is 14.1 Å². The highest BCUT2D eigenvalue weighted by atomic mass is 35.5. The molecule has 0 spiro atoms. The van der Waals surface area contributed by atoms with Gasteiger partial charge in [0.1, 0.15) is 5.82 Å². The minimum absolute atomic E-state index is 0.0134. The Balaban J connectivity index is 1.91. The lowest BCUT2D eigenvalue weighted by atomic mass is 10.1. The van der Waals surface area contributed by atoms with Gasteiger partial charge >= 0.3 is 0 Å². The lowest BCUT2D eigenvalue weighted by Gasteiger charge is -2.04. The lowest BCUT2D eigenvalue weighted by molar-refractivity contribution is 0.594. The summed E-state index contributed by atoms with van der Waals surface area (Å²) in [7, 11) is -7.88. The number of aromatic nitrogens is 1. The molecule has 0 amide bonds.